The van der Waals surface area contributed by atoms with Crippen molar-refractivity contribution in [3.8, 4) is 0 Å². The predicted octanol–water partition coefficient (Wildman–Crippen LogP) is 11.3. The lowest BCUT2D eigenvalue weighted by atomic mass is 10.0. The van der Waals surface area contributed by atoms with Gasteiger partial charge in [-0.05, 0) is 25.9 Å². The molecule has 0 bridgehead atoms. The maximum atomic E-state index is 12.1. The van der Waals surface area contributed by atoms with Crippen molar-refractivity contribution in [1.29, 1.82) is 0 Å². The Hall–Kier alpha value is -1.18. The van der Waals surface area contributed by atoms with Gasteiger partial charge < -0.3 is 26.6 Å². The second kappa shape index (κ2) is 47.0. The topological polar surface area (TPSA) is 94.3 Å². The molecule has 0 heterocycles. The smallest absolute Gasteiger partial charge is 0.221 e. The third-order valence-electron chi connectivity index (χ3n) is 10.7. The second-order valence-corrected chi connectivity index (χ2v) is 16.1. The molecule has 0 rings (SSSR count). The van der Waals surface area contributed by atoms with Gasteiger partial charge in [0.25, 0.3) is 0 Å². The molecule has 0 fully saturated rings. The maximum absolute atomic E-state index is 12.1. The van der Waals surface area contributed by atoms with Crippen LogP contribution in [0.15, 0.2) is 0 Å². The molecule has 0 aliphatic heterocycles. The third-order valence-corrected chi connectivity index (χ3v) is 10.7. The summed E-state index contributed by atoms with van der Waals surface area (Å²) in [6.45, 7) is 10.8. The minimum Gasteiger partial charge on any atom is -0.355 e. The van der Waals surface area contributed by atoms with Gasteiger partial charge >= 0.3 is 0 Å². The van der Waals surface area contributed by atoms with Gasteiger partial charge in [0.15, 0.2) is 0 Å². The minimum absolute atomic E-state index is 0.103. The Morgan fingerprint density at radius 1 is 0.264 bits per heavy atom. The van der Waals surface area contributed by atoms with Crippen molar-refractivity contribution in [1.82, 2.24) is 26.6 Å². The lowest BCUT2D eigenvalue weighted by molar-refractivity contribution is -0.121. The highest BCUT2D eigenvalue weighted by molar-refractivity contribution is 5.76. The molecule has 7 nitrogen and oxygen atoms in total. The summed E-state index contributed by atoms with van der Waals surface area (Å²) in [7, 11) is 0. The van der Waals surface area contributed by atoms with E-state index >= 15 is 0 Å². The van der Waals surface area contributed by atoms with Gasteiger partial charge in [0.05, 0.1) is 0 Å². The molecule has 0 unspecified atom stereocenters. The number of hydrogen-bond acceptors (Lipinski definition) is 5. The number of carbonyl (C=O) groups is 2. The molecule has 0 aromatic carbocycles. The average Bonchev–Trinajstić information content (AvgIpc) is 3.16. The van der Waals surface area contributed by atoms with E-state index in [4.69, 9.17) is 0 Å². The normalized spacial score (nSPS) is 11.4. The molecule has 0 spiro atoms. The Morgan fingerprint density at radius 3 is 0.755 bits per heavy atom. The molecular formula is C46H95N5O2. The van der Waals surface area contributed by atoms with Crippen LogP contribution in [0.3, 0.4) is 0 Å². The molecular weight excluding hydrogens is 655 g/mol. The van der Waals surface area contributed by atoms with E-state index in [-0.39, 0.29) is 11.8 Å². The van der Waals surface area contributed by atoms with Crippen LogP contribution in [0.2, 0.25) is 0 Å². The van der Waals surface area contributed by atoms with Crippen molar-refractivity contribution < 1.29 is 9.59 Å². The van der Waals surface area contributed by atoms with Crippen LogP contribution in [-0.4, -0.2) is 64.2 Å². The number of amides is 2. The molecule has 0 saturated heterocycles. The van der Waals surface area contributed by atoms with Gasteiger partial charge in [0.1, 0.15) is 0 Å². The number of unbranched alkanes of at least 4 members (excludes halogenated alkanes) is 30. The van der Waals surface area contributed by atoms with Gasteiger partial charge in [-0.25, -0.2) is 0 Å². The van der Waals surface area contributed by atoms with Crippen LogP contribution in [0.1, 0.15) is 232 Å². The predicted molar refractivity (Wildman–Crippen MR) is 233 cm³/mol. The van der Waals surface area contributed by atoms with Gasteiger partial charge in [-0.15, -0.1) is 0 Å². The molecule has 2 amide bonds. The van der Waals surface area contributed by atoms with Crippen molar-refractivity contribution >= 4 is 11.8 Å². The molecule has 0 atom stereocenters. The van der Waals surface area contributed by atoms with Crippen LogP contribution in [0.5, 0.6) is 0 Å². The fraction of sp³-hybridized carbons (Fsp3) is 0.957. The molecule has 316 valence electrons. The zero-order chi connectivity index (χ0) is 38.4. The monoisotopic (exact) mass is 750 g/mol. The van der Waals surface area contributed by atoms with Crippen molar-refractivity contribution in [3.05, 3.63) is 0 Å². The first-order chi connectivity index (χ1) is 26.2. The lowest BCUT2D eigenvalue weighted by Gasteiger charge is -2.09. The van der Waals surface area contributed by atoms with Crippen molar-refractivity contribution in [2.24, 2.45) is 0 Å². The summed E-state index contributed by atoms with van der Waals surface area (Å²) in [6, 6.07) is 0. The van der Waals surface area contributed by atoms with Crippen molar-refractivity contribution in [3.63, 3.8) is 0 Å². The number of rotatable bonds is 46. The van der Waals surface area contributed by atoms with E-state index in [9.17, 15) is 9.59 Å². The average molecular weight is 750 g/mol. The summed E-state index contributed by atoms with van der Waals surface area (Å²) in [5, 5.41) is 16.1. The third kappa shape index (κ3) is 46.9. The van der Waals surface area contributed by atoms with E-state index in [1.165, 1.54) is 205 Å². The Kier molecular flexibility index (Phi) is 45.9. The van der Waals surface area contributed by atoms with Crippen LogP contribution in [0.4, 0.5) is 0 Å². The highest BCUT2D eigenvalue weighted by Crippen LogP contribution is 2.15. The van der Waals surface area contributed by atoms with Crippen LogP contribution < -0.4 is 26.6 Å². The first-order valence-corrected chi connectivity index (χ1v) is 23.9. The zero-order valence-corrected chi connectivity index (χ0v) is 36.0. The SMILES string of the molecule is CCCCCCCCCCCCCCCCCCNCCC(=O)NCCNCCNC(=O)CCNCCCCCCCCCCCCCCCCCC. The first-order valence-electron chi connectivity index (χ1n) is 23.9. The molecule has 53 heavy (non-hydrogen) atoms. The molecule has 0 aromatic rings. The number of nitrogens with one attached hydrogen (secondary N) is 5. The van der Waals surface area contributed by atoms with E-state index in [0.29, 0.717) is 25.9 Å². The molecule has 0 aliphatic carbocycles. The summed E-state index contributed by atoms with van der Waals surface area (Å²) in [6.07, 6.45) is 45.6. The summed E-state index contributed by atoms with van der Waals surface area (Å²) >= 11 is 0. The quantitative estimate of drug-likeness (QED) is 0.0400. The van der Waals surface area contributed by atoms with Crippen LogP contribution >= 0.6 is 0 Å². The molecule has 7 heteroatoms. The summed E-state index contributed by atoms with van der Waals surface area (Å²) in [5.41, 5.74) is 0. The minimum atomic E-state index is 0.103. The number of hydrogen-bond donors (Lipinski definition) is 5. The standard InChI is InChI=1S/C46H95N5O2/c1-3-5-7-9-11-13-15-17-19-21-23-25-27-29-31-33-37-47-39-35-45(52)50-43-41-49-42-44-51-46(53)36-40-48-38-34-32-30-28-26-24-22-20-18-16-14-12-10-8-6-4-2/h47-49H,3-44H2,1-2H3,(H,50,52)(H,51,53). The summed E-state index contributed by atoms with van der Waals surface area (Å²) in [5.74, 6) is 0.207. The van der Waals surface area contributed by atoms with Crippen molar-refractivity contribution in [2.75, 3.05) is 52.4 Å². The van der Waals surface area contributed by atoms with E-state index in [1.54, 1.807) is 0 Å². The lowest BCUT2D eigenvalue weighted by Crippen LogP contribution is -2.37. The maximum Gasteiger partial charge on any atom is 0.221 e. The highest BCUT2D eigenvalue weighted by Gasteiger charge is 2.02. The Bertz CT molecular complexity index is 664. The summed E-state index contributed by atoms with van der Waals surface area (Å²) < 4.78 is 0. The van der Waals surface area contributed by atoms with E-state index in [0.717, 1.165) is 39.3 Å². The Balaban J connectivity index is 3.23. The van der Waals surface area contributed by atoms with E-state index in [2.05, 4.69) is 40.4 Å². The largest absolute Gasteiger partial charge is 0.355 e. The van der Waals surface area contributed by atoms with E-state index < -0.39 is 0 Å². The molecule has 0 radical (unpaired) electrons. The van der Waals surface area contributed by atoms with Crippen LogP contribution in [0, 0.1) is 0 Å². The summed E-state index contributed by atoms with van der Waals surface area (Å²) in [4.78, 5) is 24.1. The van der Waals surface area contributed by atoms with Gasteiger partial charge in [0, 0.05) is 52.1 Å². The van der Waals surface area contributed by atoms with Gasteiger partial charge in [0.2, 0.25) is 11.8 Å². The Labute approximate surface area is 331 Å². The van der Waals surface area contributed by atoms with Gasteiger partial charge in [-0.2, -0.15) is 0 Å². The van der Waals surface area contributed by atoms with Crippen LogP contribution in [-0.2, 0) is 9.59 Å². The molecule has 0 aliphatic rings. The van der Waals surface area contributed by atoms with Gasteiger partial charge in [-0.1, -0.05) is 206 Å². The molecule has 5 N–H and O–H groups in total. The first kappa shape index (κ1) is 51.8. The zero-order valence-electron chi connectivity index (χ0n) is 36.0. The van der Waals surface area contributed by atoms with Crippen molar-refractivity contribution in [2.45, 2.75) is 232 Å². The fourth-order valence-corrected chi connectivity index (χ4v) is 7.13. The highest BCUT2D eigenvalue weighted by atomic mass is 16.2. The van der Waals surface area contributed by atoms with E-state index in [1.807, 2.05) is 0 Å². The fourth-order valence-electron chi connectivity index (χ4n) is 7.13. The van der Waals surface area contributed by atoms with Crippen LogP contribution in [0.25, 0.3) is 0 Å². The van der Waals surface area contributed by atoms with Gasteiger partial charge in [-0.3, -0.25) is 9.59 Å². The second-order valence-electron chi connectivity index (χ2n) is 16.1. The molecule has 0 saturated carbocycles. The molecule has 0 aromatic heterocycles. The Morgan fingerprint density at radius 2 is 0.491 bits per heavy atom. The number of carbonyl (C=O) groups excluding carboxylic acids is 2.